The SMILES string of the molecule is C=C(c1ccc(O/C(N)=C\C)c(C)c1)c1c(N)ncnc1N(C)Cc1ccc2c(c1)CCNC2. The molecule has 5 N–H and O–H groups in total. The molecule has 3 aromatic rings. The minimum Gasteiger partial charge on any atom is -0.442 e. The van der Waals surface area contributed by atoms with Gasteiger partial charge in [0.15, 0.2) is 5.88 Å². The molecule has 1 aromatic heterocycles. The molecule has 0 bridgehead atoms. The quantitative estimate of drug-likeness (QED) is 0.463. The Morgan fingerprint density at radius 1 is 1.21 bits per heavy atom. The number of nitrogen functional groups attached to an aromatic ring is 1. The Bertz CT molecular complexity index is 1250. The normalized spacial score (nSPS) is 13.3. The summed E-state index contributed by atoms with van der Waals surface area (Å²) in [7, 11) is 2.02. The van der Waals surface area contributed by atoms with E-state index in [1.807, 2.05) is 39.1 Å². The number of nitrogens with one attached hydrogen (secondary N) is 1. The predicted molar refractivity (Wildman–Crippen MR) is 138 cm³/mol. The molecule has 0 unspecified atom stereocenters. The molecule has 0 saturated heterocycles. The lowest BCUT2D eigenvalue weighted by atomic mass is 9.97. The second-order valence-electron chi connectivity index (χ2n) is 8.60. The smallest absolute Gasteiger partial charge is 0.186 e. The summed E-state index contributed by atoms with van der Waals surface area (Å²) in [6.45, 7) is 10.8. The van der Waals surface area contributed by atoms with E-state index < -0.39 is 0 Å². The Balaban J connectivity index is 1.61. The fraction of sp³-hybridized carbons (Fsp3) is 0.259. The number of fused-ring (bicyclic) bond motifs is 1. The van der Waals surface area contributed by atoms with Crippen LogP contribution in [0.25, 0.3) is 5.57 Å². The second kappa shape index (κ2) is 9.97. The van der Waals surface area contributed by atoms with Crippen molar-refractivity contribution in [2.45, 2.75) is 33.4 Å². The highest BCUT2D eigenvalue weighted by Crippen LogP contribution is 2.34. The van der Waals surface area contributed by atoms with E-state index in [2.05, 4.69) is 45.0 Å². The molecule has 0 amide bonds. The lowest BCUT2D eigenvalue weighted by molar-refractivity contribution is 0.416. The minimum absolute atomic E-state index is 0.359. The van der Waals surface area contributed by atoms with E-state index in [1.165, 1.54) is 23.0 Å². The van der Waals surface area contributed by atoms with E-state index in [-0.39, 0.29) is 0 Å². The van der Waals surface area contributed by atoms with Crippen LogP contribution in [0.1, 0.15) is 40.3 Å². The Morgan fingerprint density at radius 3 is 2.79 bits per heavy atom. The van der Waals surface area contributed by atoms with Crippen LogP contribution in [0.15, 0.2) is 61.3 Å². The first-order valence-electron chi connectivity index (χ1n) is 11.4. The van der Waals surface area contributed by atoms with Gasteiger partial charge in [0.25, 0.3) is 0 Å². The summed E-state index contributed by atoms with van der Waals surface area (Å²) in [4.78, 5) is 10.9. The number of hydrogen-bond acceptors (Lipinski definition) is 7. The zero-order valence-electron chi connectivity index (χ0n) is 20.1. The Hall–Kier alpha value is -3.84. The summed E-state index contributed by atoms with van der Waals surface area (Å²) in [5, 5.41) is 3.42. The molecule has 4 rings (SSSR count). The van der Waals surface area contributed by atoms with Crippen molar-refractivity contribution < 1.29 is 4.74 Å². The summed E-state index contributed by atoms with van der Waals surface area (Å²) in [6.07, 6.45) is 4.27. The molecule has 0 aliphatic carbocycles. The van der Waals surface area contributed by atoms with Crippen molar-refractivity contribution in [3.05, 3.63) is 94.6 Å². The third kappa shape index (κ3) is 4.89. The number of benzene rings is 2. The first-order valence-corrected chi connectivity index (χ1v) is 11.4. The molecule has 1 aliphatic rings. The third-order valence-corrected chi connectivity index (χ3v) is 6.13. The van der Waals surface area contributed by atoms with Gasteiger partial charge in [0.05, 0.1) is 5.56 Å². The number of anilines is 2. The molecule has 0 spiro atoms. The van der Waals surface area contributed by atoms with Crippen LogP contribution in [-0.2, 0) is 19.5 Å². The zero-order valence-corrected chi connectivity index (χ0v) is 20.1. The molecule has 0 atom stereocenters. The van der Waals surface area contributed by atoms with Crippen LogP contribution in [0.2, 0.25) is 0 Å². The lowest BCUT2D eigenvalue weighted by Gasteiger charge is -2.24. The number of ether oxygens (including phenoxy) is 1. The van der Waals surface area contributed by atoms with Crippen molar-refractivity contribution in [1.29, 1.82) is 0 Å². The maximum absolute atomic E-state index is 6.34. The molecule has 7 nitrogen and oxygen atoms in total. The monoisotopic (exact) mass is 456 g/mol. The molecular formula is C27H32N6O. The third-order valence-electron chi connectivity index (χ3n) is 6.13. The Kier molecular flexibility index (Phi) is 6.84. The molecule has 7 heteroatoms. The van der Waals surface area contributed by atoms with E-state index in [9.17, 15) is 0 Å². The maximum Gasteiger partial charge on any atom is 0.186 e. The van der Waals surface area contributed by atoms with Crippen molar-refractivity contribution in [3.63, 3.8) is 0 Å². The van der Waals surface area contributed by atoms with Crippen molar-refractivity contribution in [2.75, 3.05) is 24.2 Å². The molecule has 176 valence electrons. The second-order valence-corrected chi connectivity index (χ2v) is 8.60. The van der Waals surface area contributed by atoms with Gasteiger partial charge in [-0.2, -0.15) is 0 Å². The fourth-order valence-corrected chi connectivity index (χ4v) is 4.23. The Morgan fingerprint density at radius 2 is 2.03 bits per heavy atom. The highest BCUT2D eigenvalue weighted by molar-refractivity contribution is 5.89. The number of allylic oxidation sites excluding steroid dienone is 1. The van der Waals surface area contributed by atoms with Gasteiger partial charge in [-0.3, -0.25) is 0 Å². The largest absolute Gasteiger partial charge is 0.442 e. The fourth-order valence-electron chi connectivity index (χ4n) is 4.23. The van der Waals surface area contributed by atoms with Crippen molar-refractivity contribution in [1.82, 2.24) is 15.3 Å². The highest BCUT2D eigenvalue weighted by atomic mass is 16.5. The molecule has 1 aliphatic heterocycles. The van der Waals surface area contributed by atoms with Crippen molar-refractivity contribution in [2.24, 2.45) is 5.73 Å². The van der Waals surface area contributed by atoms with Gasteiger partial charge in [0, 0.05) is 20.1 Å². The van der Waals surface area contributed by atoms with E-state index in [4.69, 9.17) is 16.2 Å². The van der Waals surface area contributed by atoms with Crippen LogP contribution in [0.3, 0.4) is 0 Å². The average molecular weight is 457 g/mol. The van der Waals surface area contributed by atoms with Gasteiger partial charge in [-0.15, -0.1) is 0 Å². The van der Waals surface area contributed by atoms with Crippen molar-refractivity contribution >= 4 is 17.2 Å². The summed E-state index contributed by atoms with van der Waals surface area (Å²) in [5.41, 5.74) is 19.5. The molecule has 2 aromatic carbocycles. The van der Waals surface area contributed by atoms with Gasteiger partial charge in [-0.1, -0.05) is 30.8 Å². The van der Waals surface area contributed by atoms with E-state index in [1.54, 1.807) is 6.08 Å². The summed E-state index contributed by atoms with van der Waals surface area (Å²) in [5.74, 6) is 2.20. The molecule has 2 heterocycles. The number of nitrogens with zero attached hydrogens (tertiary/aromatic N) is 3. The van der Waals surface area contributed by atoms with Crippen LogP contribution in [0, 0.1) is 6.92 Å². The number of aromatic nitrogens is 2. The van der Waals surface area contributed by atoms with E-state index in [0.29, 0.717) is 24.0 Å². The topological polar surface area (TPSA) is 102 Å². The standard InChI is InChI=1S/C27H32N6O/c1-5-24(28)34-23-9-8-20(12-17(23)2)18(3)25-26(29)31-16-32-27(25)33(4)15-19-6-7-22-14-30-11-10-21(22)13-19/h5-9,12-13,16,30H,3,10-11,14-15,28H2,1-2,4H3,(H2,29,31,32)/b24-5-. The van der Waals surface area contributed by atoms with Crippen molar-refractivity contribution in [3.8, 4) is 5.75 Å². The zero-order chi connectivity index (χ0) is 24.2. The summed E-state index contributed by atoms with van der Waals surface area (Å²) >= 11 is 0. The number of rotatable bonds is 7. The maximum atomic E-state index is 6.34. The molecule has 0 fully saturated rings. The van der Waals surface area contributed by atoms with Crippen LogP contribution in [-0.4, -0.2) is 23.6 Å². The summed E-state index contributed by atoms with van der Waals surface area (Å²) < 4.78 is 5.67. The first-order chi connectivity index (χ1) is 16.4. The lowest BCUT2D eigenvalue weighted by Crippen LogP contribution is -2.24. The van der Waals surface area contributed by atoms with Gasteiger partial charge in [0.1, 0.15) is 23.7 Å². The van der Waals surface area contributed by atoms with Crippen LogP contribution < -0.4 is 26.4 Å². The molecule has 0 radical (unpaired) electrons. The van der Waals surface area contributed by atoms with Gasteiger partial charge in [-0.25, -0.2) is 9.97 Å². The van der Waals surface area contributed by atoms with Gasteiger partial charge >= 0.3 is 0 Å². The number of aryl methyl sites for hydroxylation is 1. The minimum atomic E-state index is 0.359. The van der Waals surface area contributed by atoms with Gasteiger partial charge in [0.2, 0.25) is 0 Å². The number of nitrogens with two attached hydrogens (primary N) is 2. The van der Waals surface area contributed by atoms with Crippen LogP contribution in [0.5, 0.6) is 5.75 Å². The predicted octanol–water partition coefficient (Wildman–Crippen LogP) is 3.91. The average Bonchev–Trinajstić information content (AvgIpc) is 2.84. The number of hydrogen-bond donors (Lipinski definition) is 3. The van der Waals surface area contributed by atoms with Crippen LogP contribution >= 0.6 is 0 Å². The van der Waals surface area contributed by atoms with Gasteiger partial charge in [-0.05, 0) is 78.4 Å². The highest BCUT2D eigenvalue weighted by Gasteiger charge is 2.19. The van der Waals surface area contributed by atoms with Gasteiger partial charge < -0.3 is 26.4 Å². The summed E-state index contributed by atoms with van der Waals surface area (Å²) in [6, 6.07) is 12.5. The Labute approximate surface area is 201 Å². The first kappa shape index (κ1) is 23.3. The van der Waals surface area contributed by atoms with E-state index in [0.717, 1.165) is 47.6 Å². The molecule has 34 heavy (non-hydrogen) atoms. The molecule has 0 saturated carbocycles. The molecular weight excluding hydrogens is 424 g/mol. The van der Waals surface area contributed by atoms with Crippen LogP contribution in [0.4, 0.5) is 11.6 Å². The van der Waals surface area contributed by atoms with E-state index >= 15 is 0 Å².